The summed E-state index contributed by atoms with van der Waals surface area (Å²) in [5.74, 6) is 0.479. The number of hydrogen-bond donors (Lipinski definition) is 1. The Hall–Kier alpha value is -2.76. The molecule has 3 aliphatic rings. The Balaban J connectivity index is 1.87. The molecule has 0 amide bonds. The Morgan fingerprint density at radius 3 is 2.75 bits per heavy atom. The minimum absolute atomic E-state index is 0.0655. The maximum absolute atomic E-state index is 13.2. The van der Waals surface area contributed by atoms with Crippen LogP contribution in [0.4, 0.5) is 0 Å². The maximum Gasteiger partial charge on any atom is 0.336 e. The van der Waals surface area contributed by atoms with E-state index in [1.165, 1.54) is 0 Å². The number of dihydropyridines is 1. The average molecular weight is 383 g/mol. The van der Waals surface area contributed by atoms with E-state index in [1.807, 2.05) is 25.1 Å². The number of rotatable bonds is 3. The highest BCUT2D eigenvalue weighted by Gasteiger charge is 2.43. The highest BCUT2D eigenvalue weighted by Crippen LogP contribution is 2.48. The second-order valence-corrected chi connectivity index (χ2v) is 8.26. The molecule has 0 aromatic heterocycles. The number of benzene rings is 1. The lowest BCUT2D eigenvalue weighted by Gasteiger charge is -2.39. The van der Waals surface area contributed by atoms with Crippen LogP contribution in [0.25, 0.3) is 0 Å². The van der Waals surface area contributed by atoms with Gasteiger partial charge in [0.2, 0.25) is 6.79 Å². The number of ketones is 1. The minimum atomic E-state index is -0.478. The van der Waals surface area contributed by atoms with Crippen LogP contribution in [0, 0.1) is 5.41 Å². The molecule has 1 aromatic carbocycles. The molecule has 0 spiro atoms. The Bertz CT molecular complexity index is 925. The smallest absolute Gasteiger partial charge is 0.336 e. The zero-order valence-corrected chi connectivity index (χ0v) is 16.7. The van der Waals surface area contributed by atoms with Gasteiger partial charge in [-0.05, 0) is 43.4 Å². The van der Waals surface area contributed by atoms with Crippen molar-refractivity contribution in [3.63, 3.8) is 0 Å². The van der Waals surface area contributed by atoms with Crippen molar-refractivity contribution in [3.05, 3.63) is 46.3 Å². The molecule has 0 saturated carbocycles. The number of esters is 1. The molecule has 0 bridgehead atoms. The largest absolute Gasteiger partial charge is 0.463 e. The van der Waals surface area contributed by atoms with Gasteiger partial charge in [0, 0.05) is 29.3 Å². The van der Waals surface area contributed by atoms with Crippen LogP contribution in [0.2, 0.25) is 0 Å². The first kappa shape index (κ1) is 18.6. The summed E-state index contributed by atoms with van der Waals surface area (Å²) >= 11 is 0. The lowest BCUT2D eigenvalue weighted by atomic mass is 9.68. The molecular formula is C22H25NO5. The monoisotopic (exact) mass is 383 g/mol. The van der Waals surface area contributed by atoms with Crippen molar-refractivity contribution in [2.45, 2.75) is 46.5 Å². The van der Waals surface area contributed by atoms with E-state index >= 15 is 0 Å². The fourth-order valence-electron chi connectivity index (χ4n) is 4.34. The molecule has 148 valence electrons. The van der Waals surface area contributed by atoms with E-state index in [1.54, 1.807) is 6.92 Å². The van der Waals surface area contributed by atoms with Gasteiger partial charge in [0.1, 0.15) is 0 Å². The molecule has 0 radical (unpaired) electrons. The number of fused-ring (bicyclic) bond motifs is 1. The predicted molar refractivity (Wildman–Crippen MR) is 103 cm³/mol. The molecule has 1 aromatic rings. The van der Waals surface area contributed by atoms with E-state index in [4.69, 9.17) is 14.2 Å². The van der Waals surface area contributed by atoms with Crippen molar-refractivity contribution in [1.29, 1.82) is 0 Å². The van der Waals surface area contributed by atoms with Crippen LogP contribution in [0.1, 0.15) is 52.0 Å². The maximum atomic E-state index is 13.2. The molecule has 2 aliphatic heterocycles. The molecule has 0 unspecified atom stereocenters. The van der Waals surface area contributed by atoms with E-state index in [0.29, 0.717) is 29.1 Å². The summed E-state index contributed by atoms with van der Waals surface area (Å²) in [6, 6.07) is 5.59. The first-order valence-corrected chi connectivity index (χ1v) is 9.61. The molecule has 1 aliphatic carbocycles. The van der Waals surface area contributed by atoms with Gasteiger partial charge < -0.3 is 19.5 Å². The van der Waals surface area contributed by atoms with Crippen molar-refractivity contribution in [1.82, 2.24) is 5.32 Å². The van der Waals surface area contributed by atoms with E-state index in [9.17, 15) is 9.59 Å². The molecule has 1 atom stereocenters. The highest BCUT2D eigenvalue weighted by atomic mass is 16.7. The minimum Gasteiger partial charge on any atom is -0.463 e. The van der Waals surface area contributed by atoms with Crippen molar-refractivity contribution >= 4 is 11.8 Å². The molecule has 6 heteroatoms. The summed E-state index contributed by atoms with van der Waals surface area (Å²) < 4.78 is 16.3. The molecule has 1 N–H and O–H groups in total. The molecule has 2 heterocycles. The van der Waals surface area contributed by atoms with Crippen LogP contribution in [-0.2, 0) is 14.3 Å². The lowest BCUT2D eigenvalue weighted by Crippen LogP contribution is -2.38. The zero-order valence-electron chi connectivity index (χ0n) is 16.7. The van der Waals surface area contributed by atoms with Crippen molar-refractivity contribution in [2.24, 2.45) is 5.41 Å². The van der Waals surface area contributed by atoms with Crippen molar-refractivity contribution in [2.75, 3.05) is 13.4 Å². The average Bonchev–Trinajstić information content (AvgIpc) is 3.07. The van der Waals surface area contributed by atoms with Gasteiger partial charge in [0.15, 0.2) is 17.3 Å². The molecular weight excluding hydrogens is 358 g/mol. The topological polar surface area (TPSA) is 73.9 Å². The number of carbonyl (C=O) groups is 2. The van der Waals surface area contributed by atoms with Gasteiger partial charge in [0.05, 0.1) is 12.2 Å². The predicted octanol–water partition coefficient (Wildman–Crippen LogP) is 3.58. The quantitative estimate of drug-likeness (QED) is 0.804. The van der Waals surface area contributed by atoms with E-state index in [-0.39, 0.29) is 24.6 Å². The fourth-order valence-corrected chi connectivity index (χ4v) is 4.34. The normalized spacial score (nSPS) is 22.7. The van der Waals surface area contributed by atoms with E-state index in [0.717, 1.165) is 23.4 Å². The van der Waals surface area contributed by atoms with Crippen molar-refractivity contribution in [3.8, 4) is 11.5 Å². The summed E-state index contributed by atoms with van der Waals surface area (Å²) in [7, 11) is 0. The van der Waals surface area contributed by atoms with Gasteiger partial charge in [-0.25, -0.2) is 4.79 Å². The SMILES string of the molecule is CCOC(=O)C1=C(C)NC2=C(C(=O)CC(C)(C)C2)[C@H]1c1ccc2c(c1)OCO2. The van der Waals surface area contributed by atoms with Crippen LogP contribution < -0.4 is 14.8 Å². The molecule has 28 heavy (non-hydrogen) atoms. The summed E-state index contributed by atoms with van der Waals surface area (Å²) in [4.78, 5) is 26.0. The molecule has 6 nitrogen and oxygen atoms in total. The van der Waals surface area contributed by atoms with Gasteiger partial charge in [-0.1, -0.05) is 19.9 Å². The number of allylic oxidation sites excluding steroid dienone is 3. The Morgan fingerprint density at radius 2 is 2.00 bits per heavy atom. The van der Waals surface area contributed by atoms with Crippen LogP contribution >= 0.6 is 0 Å². The first-order valence-electron chi connectivity index (χ1n) is 9.61. The zero-order chi connectivity index (χ0) is 20.1. The molecule has 0 fully saturated rings. The third-order valence-corrected chi connectivity index (χ3v) is 5.47. The Kier molecular flexibility index (Phi) is 4.44. The second kappa shape index (κ2) is 6.69. The van der Waals surface area contributed by atoms with Crippen LogP contribution in [0.3, 0.4) is 0 Å². The second-order valence-electron chi connectivity index (χ2n) is 8.26. The van der Waals surface area contributed by atoms with Crippen molar-refractivity contribution < 1.29 is 23.8 Å². The summed E-state index contributed by atoms with van der Waals surface area (Å²) in [5.41, 5.74) is 3.47. The third-order valence-electron chi connectivity index (χ3n) is 5.47. The molecule has 4 rings (SSSR count). The number of nitrogens with one attached hydrogen (secondary N) is 1. The van der Waals surface area contributed by atoms with E-state index < -0.39 is 11.9 Å². The number of Topliss-reactive ketones (excluding diaryl/α,β-unsaturated/α-hetero) is 1. The third kappa shape index (κ3) is 3.07. The van der Waals surface area contributed by atoms with Gasteiger partial charge in [-0.15, -0.1) is 0 Å². The standard InChI is InChI=1S/C22H25NO5/c1-5-26-21(25)18-12(2)23-14-9-22(3,4)10-15(24)20(14)19(18)13-6-7-16-17(8-13)28-11-27-16/h6-8,19,23H,5,9-11H2,1-4H3/t19-/m0/s1. The van der Waals surface area contributed by atoms with Crippen LogP contribution in [0.15, 0.2) is 40.7 Å². The van der Waals surface area contributed by atoms with E-state index in [2.05, 4.69) is 19.2 Å². The number of hydrogen-bond acceptors (Lipinski definition) is 6. The Morgan fingerprint density at radius 1 is 1.25 bits per heavy atom. The lowest BCUT2D eigenvalue weighted by molar-refractivity contribution is -0.138. The fraction of sp³-hybridized carbons (Fsp3) is 0.455. The van der Waals surface area contributed by atoms with Gasteiger partial charge >= 0.3 is 5.97 Å². The number of carbonyl (C=O) groups excluding carboxylic acids is 2. The first-order chi connectivity index (χ1) is 13.3. The highest BCUT2D eigenvalue weighted by molar-refractivity contribution is 6.04. The molecule has 0 saturated heterocycles. The van der Waals surface area contributed by atoms with Crippen LogP contribution in [0.5, 0.6) is 11.5 Å². The van der Waals surface area contributed by atoms with Gasteiger partial charge in [0.25, 0.3) is 0 Å². The number of ether oxygens (including phenoxy) is 3. The van der Waals surface area contributed by atoms with Crippen LogP contribution in [-0.4, -0.2) is 25.2 Å². The summed E-state index contributed by atoms with van der Waals surface area (Å²) in [6.45, 7) is 8.26. The summed E-state index contributed by atoms with van der Waals surface area (Å²) in [6.07, 6.45) is 1.20. The summed E-state index contributed by atoms with van der Waals surface area (Å²) in [5, 5.41) is 3.33. The van der Waals surface area contributed by atoms with Gasteiger partial charge in [-0.3, -0.25) is 4.79 Å². The Labute approximate surface area is 164 Å². The van der Waals surface area contributed by atoms with Gasteiger partial charge in [-0.2, -0.15) is 0 Å².